The molecule has 1 aliphatic rings. The van der Waals surface area contributed by atoms with Gasteiger partial charge in [0.15, 0.2) is 0 Å². The second-order valence-corrected chi connectivity index (χ2v) is 8.97. The highest BCUT2D eigenvalue weighted by molar-refractivity contribution is 6.31. The third-order valence-corrected chi connectivity index (χ3v) is 5.82. The molecule has 0 fully saturated rings. The minimum absolute atomic E-state index is 0.0935. The highest BCUT2D eigenvalue weighted by Crippen LogP contribution is 2.39. The molecule has 3 rings (SSSR count). The van der Waals surface area contributed by atoms with Gasteiger partial charge >= 0.3 is 0 Å². The monoisotopic (exact) mass is 483 g/mol. The Morgan fingerprint density at radius 1 is 1.38 bits per heavy atom. The van der Waals surface area contributed by atoms with Crippen LogP contribution >= 0.6 is 11.6 Å². The number of aliphatic imine (C=N–C) groups is 1. The van der Waals surface area contributed by atoms with Crippen LogP contribution in [0.25, 0.3) is 0 Å². The van der Waals surface area contributed by atoms with Gasteiger partial charge in [0.1, 0.15) is 12.0 Å². The third kappa shape index (κ3) is 5.22. The Labute approximate surface area is 203 Å². The van der Waals surface area contributed by atoms with E-state index in [0.29, 0.717) is 34.0 Å². The first-order valence-corrected chi connectivity index (χ1v) is 11.2. The van der Waals surface area contributed by atoms with Crippen LogP contribution in [0.5, 0.6) is 0 Å². The van der Waals surface area contributed by atoms with E-state index < -0.39 is 24.0 Å². The van der Waals surface area contributed by atoms with Crippen molar-refractivity contribution in [1.82, 2.24) is 4.90 Å². The van der Waals surface area contributed by atoms with E-state index in [4.69, 9.17) is 17.3 Å². The van der Waals surface area contributed by atoms with Crippen molar-refractivity contribution in [2.24, 2.45) is 16.6 Å². The molecular weight excluding hydrogens is 457 g/mol. The van der Waals surface area contributed by atoms with Crippen molar-refractivity contribution in [1.29, 1.82) is 5.26 Å². The minimum atomic E-state index is -1.25. The van der Waals surface area contributed by atoms with Gasteiger partial charge in [-0.15, -0.1) is 0 Å². The standard InChI is InChI=1S/C25H27ClFN5O2/c1-14(2)13-32-23(16(11-29)12-30-3)22(20-5-4-18(27)9-21(20)25(32)34)24(33)31-19-7-15(10-28)6-17(26)8-19/h4-9,11-12,14,22-24,31,33H,13,29H2,1-3H3/t22-,23+,24?/m0/s1. The van der Waals surface area contributed by atoms with E-state index in [1.807, 2.05) is 19.9 Å². The van der Waals surface area contributed by atoms with E-state index in [1.165, 1.54) is 30.5 Å². The maximum Gasteiger partial charge on any atom is 0.254 e. The molecule has 2 aromatic carbocycles. The van der Waals surface area contributed by atoms with Gasteiger partial charge in [0, 0.05) is 47.9 Å². The molecule has 0 spiro atoms. The molecule has 7 nitrogen and oxygen atoms in total. The van der Waals surface area contributed by atoms with E-state index in [1.54, 1.807) is 30.3 Å². The summed E-state index contributed by atoms with van der Waals surface area (Å²) >= 11 is 6.13. The fraction of sp³-hybridized carbons (Fsp3) is 0.320. The number of fused-ring (bicyclic) bond motifs is 1. The van der Waals surface area contributed by atoms with Gasteiger partial charge in [0.2, 0.25) is 0 Å². The first kappa shape index (κ1) is 25.2. The Balaban J connectivity index is 2.18. The number of halogens is 2. The first-order chi connectivity index (χ1) is 16.2. The van der Waals surface area contributed by atoms with E-state index in [-0.39, 0.29) is 17.4 Å². The van der Waals surface area contributed by atoms with Crippen molar-refractivity contribution in [2.45, 2.75) is 32.0 Å². The molecule has 0 aliphatic carbocycles. The quantitative estimate of drug-likeness (QED) is 0.408. The van der Waals surface area contributed by atoms with Crippen molar-refractivity contribution < 1.29 is 14.3 Å². The average Bonchev–Trinajstić information content (AvgIpc) is 2.78. The van der Waals surface area contributed by atoms with Crippen molar-refractivity contribution in [2.75, 3.05) is 18.9 Å². The van der Waals surface area contributed by atoms with Crippen LogP contribution in [-0.2, 0) is 0 Å². The van der Waals surface area contributed by atoms with Crippen LogP contribution in [0.4, 0.5) is 10.1 Å². The summed E-state index contributed by atoms with van der Waals surface area (Å²) in [5.74, 6) is -1.54. The first-order valence-electron chi connectivity index (χ1n) is 10.8. The maximum atomic E-state index is 14.2. The molecule has 9 heteroatoms. The van der Waals surface area contributed by atoms with Gasteiger partial charge in [-0.05, 0) is 41.8 Å². The molecular formula is C25H27ClFN5O2. The molecule has 0 aromatic heterocycles. The number of carbonyl (C=O) groups excluding carboxylic acids is 1. The number of amides is 1. The lowest BCUT2D eigenvalue weighted by Gasteiger charge is -2.45. The summed E-state index contributed by atoms with van der Waals surface area (Å²) in [7, 11) is 1.59. The highest BCUT2D eigenvalue weighted by atomic mass is 35.5. The summed E-state index contributed by atoms with van der Waals surface area (Å²) in [5, 5.41) is 24.0. The molecule has 3 atom stereocenters. The summed E-state index contributed by atoms with van der Waals surface area (Å²) in [6.45, 7) is 4.28. The van der Waals surface area contributed by atoms with Gasteiger partial charge in [-0.3, -0.25) is 9.79 Å². The van der Waals surface area contributed by atoms with Crippen LogP contribution in [0.3, 0.4) is 0 Å². The predicted molar refractivity (Wildman–Crippen MR) is 131 cm³/mol. The smallest absolute Gasteiger partial charge is 0.254 e. The molecule has 178 valence electrons. The number of nitriles is 1. The fourth-order valence-corrected chi connectivity index (χ4v) is 4.57. The van der Waals surface area contributed by atoms with Gasteiger partial charge in [-0.25, -0.2) is 4.39 Å². The van der Waals surface area contributed by atoms with Crippen molar-refractivity contribution in [3.05, 3.63) is 75.7 Å². The van der Waals surface area contributed by atoms with E-state index in [0.717, 1.165) is 0 Å². The molecule has 0 saturated carbocycles. The number of aliphatic hydroxyl groups is 1. The maximum absolute atomic E-state index is 14.2. The number of rotatable bonds is 7. The molecule has 4 N–H and O–H groups in total. The predicted octanol–water partition coefficient (Wildman–Crippen LogP) is 3.89. The molecule has 0 radical (unpaired) electrons. The van der Waals surface area contributed by atoms with Crippen LogP contribution in [-0.4, -0.2) is 48.0 Å². The molecule has 0 bridgehead atoms. The Bertz CT molecular complexity index is 1170. The summed E-state index contributed by atoms with van der Waals surface area (Å²) in [5.41, 5.74) is 7.87. The largest absolute Gasteiger partial charge is 0.404 e. The molecule has 1 aliphatic heterocycles. The SMILES string of the molecule is CN=CC(=CN)[C@@H]1[C@@H](C(O)Nc2cc(Cl)cc(C#N)c2)c2ccc(F)cc2C(=O)N1CC(C)C. The van der Waals surface area contributed by atoms with Gasteiger partial charge in [-0.2, -0.15) is 5.26 Å². The second kappa shape index (κ2) is 10.7. The summed E-state index contributed by atoms with van der Waals surface area (Å²) < 4.78 is 14.2. The Hall–Kier alpha value is -3.41. The number of nitrogens with two attached hydrogens (primary N) is 1. The number of nitrogens with zero attached hydrogens (tertiary/aromatic N) is 3. The minimum Gasteiger partial charge on any atom is -0.404 e. The van der Waals surface area contributed by atoms with Crippen molar-refractivity contribution >= 4 is 29.4 Å². The Kier molecular flexibility index (Phi) is 7.92. The van der Waals surface area contributed by atoms with Crippen molar-refractivity contribution in [3.8, 4) is 6.07 Å². The van der Waals surface area contributed by atoms with Gasteiger partial charge in [0.05, 0.1) is 23.6 Å². The average molecular weight is 484 g/mol. The lowest BCUT2D eigenvalue weighted by Crippen LogP contribution is -2.54. The summed E-state index contributed by atoms with van der Waals surface area (Å²) in [4.78, 5) is 19.2. The number of nitrogens with one attached hydrogen (secondary N) is 1. The van der Waals surface area contributed by atoms with Crippen LogP contribution in [0.2, 0.25) is 5.02 Å². The van der Waals surface area contributed by atoms with Crippen molar-refractivity contribution in [3.63, 3.8) is 0 Å². The van der Waals surface area contributed by atoms with Gasteiger partial charge < -0.3 is 21.1 Å². The number of aliphatic hydroxyl groups excluding tert-OH is 1. The molecule has 0 saturated heterocycles. The topological polar surface area (TPSA) is 115 Å². The van der Waals surface area contributed by atoms with E-state index in [9.17, 15) is 19.6 Å². The molecule has 1 amide bonds. The zero-order valence-corrected chi connectivity index (χ0v) is 19.9. The highest BCUT2D eigenvalue weighted by Gasteiger charge is 2.44. The number of hydrogen-bond donors (Lipinski definition) is 3. The Morgan fingerprint density at radius 3 is 2.74 bits per heavy atom. The van der Waals surface area contributed by atoms with Crippen LogP contribution in [0.1, 0.15) is 41.3 Å². The molecule has 34 heavy (non-hydrogen) atoms. The number of carbonyl (C=O) groups is 1. The number of benzene rings is 2. The van der Waals surface area contributed by atoms with E-state index >= 15 is 0 Å². The summed E-state index contributed by atoms with van der Waals surface area (Å²) in [6, 6.07) is 9.95. The van der Waals surface area contributed by atoms with Crippen LogP contribution in [0, 0.1) is 23.1 Å². The third-order valence-electron chi connectivity index (χ3n) is 5.60. The van der Waals surface area contributed by atoms with Crippen LogP contribution < -0.4 is 11.1 Å². The zero-order valence-electron chi connectivity index (χ0n) is 19.2. The fourth-order valence-electron chi connectivity index (χ4n) is 4.33. The Morgan fingerprint density at radius 2 is 2.12 bits per heavy atom. The van der Waals surface area contributed by atoms with Crippen LogP contribution in [0.15, 0.2) is 53.2 Å². The lowest BCUT2D eigenvalue weighted by atomic mass is 9.78. The van der Waals surface area contributed by atoms with E-state index in [2.05, 4.69) is 10.3 Å². The zero-order chi connectivity index (χ0) is 25.0. The normalized spacial score (nSPS) is 19.3. The summed E-state index contributed by atoms with van der Waals surface area (Å²) in [6.07, 6.45) is 1.66. The van der Waals surface area contributed by atoms with Gasteiger partial charge in [0.25, 0.3) is 5.91 Å². The lowest BCUT2D eigenvalue weighted by molar-refractivity contribution is 0.0520. The molecule has 1 unspecified atom stereocenters. The van der Waals surface area contributed by atoms with Gasteiger partial charge in [-0.1, -0.05) is 31.5 Å². The number of hydrogen-bond acceptors (Lipinski definition) is 6. The molecule has 2 aromatic rings. The molecule has 1 heterocycles. The number of anilines is 1. The second-order valence-electron chi connectivity index (χ2n) is 8.54.